The molecule has 2 amide bonds. The van der Waals surface area contributed by atoms with Crippen LogP contribution in [0.15, 0.2) is 46.3 Å². The number of likely N-dealkylation sites (tertiary alicyclic amines) is 1. The Kier molecular flexibility index (Phi) is 7.68. The van der Waals surface area contributed by atoms with E-state index >= 15 is 0 Å². The molecule has 0 spiro atoms. The number of nitrogens with zero attached hydrogens (tertiary/aromatic N) is 1. The van der Waals surface area contributed by atoms with E-state index in [2.05, 4.69) is 27.8 Å². The molecule has 192 valence electrons. The van der Waals surface area contributed by atoms with E-state index in [4.69, 9.17) is 13.7 Å². The van der Waals surface area contributed by atoms with Crippen molar-refractivity contribution < 1.29 is 36.5 Å². The Balaban J connectivity index is 1.82. The number of methoxy groups -OCH3 is 1. The standard InChI is InChI=1S/C23H29BrN2O8S/c1-6-14-12-23(14,20(28)32-5)25-19(27)18-11-16(13-26(18)21(29)33-22(2,3)4)34-35(30,31)17-9-7-15(24)8-10-17/h6-10,14,16,18H,1,11-13H2,2-5H3,(H,25,27). The summed E-state index contributed by atoms with van der Waals surface area (Å²) in [6.45, 7) is 8.50. The first-order valence-electron chi connectivity index (χ1n) is 10.9. The largest absolute Gasteiger partial charge is 0.467 e. The second-order valence-electron chi connectivity index (χ2n) is 9.51. The summed E-state index contributed by atoms with van der Waals surface area (Å²) in [5.74, 6) is -1.58. The molecule has 4 atom stereocenters. The lowest BCUT2D eigenvalue weighted by atomic mass is 10.1. The molecule has 1 aliphatic heterocycles. The summed E-state index contributed by atoms with van der Waals surface area (Å²) in [6.07, 6.45) is -0.0554. The summed E-state index contributed by atoms with van der Waals surface area (Å²) in [6, 6.07) is 4.76. The van der Waals surface area contributed by atoms with Gasteiger partial charge >= 0.3 is 12.1 Å². The molecule has 1 heterocycles. The minimum atomic E-state index is -4.17. The summed E-state index contributed by atoms with van der Waals surface area (Å²) in [5.41, 5.74) is -2.12. The fourth-order valence-electron chi connectivity index (χ4n) is 3.96. The highest BCUT2D eigenvalue weighted by atomic mass is 79.9. The quantitative estimate of drug-likeness (QED) is 0.300. The molecule has 1 aliphatic carbocycles. The number of hydrogen-bond acceptors (Lipinski definition) is 8. The van der Waals surface area contributed by atoms with Crippen molar-refractivity contribution in [2.75, 3.05) is 13.7 Å². The Hall–Kier alpha value is -2.44. The zero-order valence-electron chi connectivity index (χ0n) is 19.9. The molecule has 12 heteroatoms. The maximum atomic E-state index is 13.3. The van der Waals surface area contributed by atoms with Gasteiger partial charge in [0.25, 0.3) is 10.1 Å². The minimum Gasteiger partial charge on any atom is -0.467 e. The fraction of sp³-hybridized carbons (Fsp3) is 0.522. The van der Waals surface area contributed by atoms with Crippen LogP contribution in [-0.2, 0) is 33.4 Å². The van der Waals surface area contributed by atoms with E-state index < -0.39 is 51.4 Å². The minimum absolute atomic E-state index is 0.0612. The molecular weight excluding hydrogens is 544 g/mol. The maximum absolute atomic E-state index is 13.3. The van der Waals surface area contributed by atoms with Crippen molar-refractivity contribution in [2.45, 2.75) is 61.8 Å². The van der Waals surface area contributed by atoms with Crippen molar-refractivity contribution in [3.63, 3.8) is 0 Å². The number of hydrogen-bond donors (Lipinski definition) is 1. The van der Waals surface area contributed by atoms with Crippen LogP contribution in [0, 0.1) is 5.92 Å². The molecule has 2 fully saturated rings. The molecule has 1 N–H and O–H groups in total. The van der Waals surface area contributed by atoms with Crippen LogP contribution in [0.1, 0.15) is 33.6 Å². The van der Waals surface area contributed by atoms with E-state index in [1.165, 1.54) is 19.2 Å². The van der Waals surface area contributed by atoms with Crippen molar-refractivity contribution in [3.8, 4) is 0 Å². The zero-order valence-corrected chi connectivity index (χ0v) is 22.3. The first kappa shape index (κ1) is 27.2. The van der Waals surface area contributed by atoms with Crippen LogP contribution in [0.4, 0.5) is 4.79 Å². The Morgan fingerprint density at radius 1 is 1.23 bits per heavy atom. The fourth-order valence-corrected chi connectivity index (χ4v) is 5.30. The van der Waals surface area contributed by atoms with Gasteiger partial charge < -0.3 is 14.8 Å². The number of carbonyl (C=O) groups is 3. The zero-order chi connectivity index (χ0) is 26.2. The lowest BCUT2D eigenvalue weighted by Gasteiger charge is -2.28. The molecule has 0 aromatic heterocycles. The number of carbonyl (C=O) groups excluding carboxylic acids is 3. The highest BCUT2D eigenvalue weighted by Crippen LogP contribution is 2.45. The number of ether oxygens (including phenoxy) is 2. The van der Waals surface area contributed by atoms with Gasteiger partial charge in [0.2, 0.25) is 5.91 Å². The Bertz CT molecular complexity index is 1120. The molecular formula is C23H29BrN2O8S. The number of benzene rings is 1. The van der Waals surface area contributed by atoms with Gasteiger partial charge in [-0.05, 0) is 51.5 Å². The van der Waals surface area contributed by atoms with Crippen LogP contribution in [0.25, 0.3) is 0 Å². The third-order valence-electron chi connectivity index (χ3n) is 5.75. The molecule has 2 aliphatic rings. The second kappa shape index (κ2) is 9.90. The predicted octanol–water partition coefficient (Wildman–Crippen LogP) is 2.77. The van der Waals surface area contributed by atoms with Gasteiger partial charge in [-0.25, -0.2) is 9.59 Å². The summed E-state index contributed by atoms with van der Waals surface area (Å²) >= 11 is 3.25. The molecule has 10 nitrogen and oxygen atoms in total. The molecule has 0 bridgehead atoms. The number of halogens is 1. The highest BCUT2D eigenvalue weighted by Gasteiger charge is 2.62. The number of amides is 2. The molecule has 1 saturated carbocycles. The third kappa shape index (κ3) is 6.04. The van der Waals surface area contributed by atoms with E-state index in [1.807, 2.05) is 0 Å². The van der Waals surface area contributed by atoms with Crippen molar-refractivity contribution in [1.82, 2.24) is 10.2 Å². The van der Waals surface area contributed by atoms with Crippen LogP contribution in [0.2, 0.25) is 0 Å². The van der Waals surface area contributed by atoms with Gasteiger partial charge in [-0.3, -0.25) is 13.9 Å². The molecule has 1 saturated heterocycles. The van der Waals surface area contributed by atoms with Gasteiger partial charge in [0.1, 0.15) is 17.2 Å². The van der Waals surface area contributed by atoms with Crippen LogP contribution < -0.4 is 5.32 Å². The Morgan fingerprint density at radius 3 is 2.37 bits per heavy atom. The normalized spacial score (nSPS) is 26.1. The lowest BCUT2D eigenvalue weighted by molar-refractivity contribution is -0.147. The van der Waals surface area contributed by atoms with Crippen molar-refractivity contribution >= 4 is 44.0 Å². The average Bonchev–Trinajstić information content (AvgIpc) is 3.31. The highest BCUT2D eigenvalue weighted by molar-refractivity contribution is 9.10. The summed E-state index contributed by atoms with van der Waals surface area (Å²) in [7, 11) is -2.95. The second-order valence-corrected chi connectivity index (χ2v) is 12.0. The average molecular weight is 573 g/mol. The van der Waals surface area contributed by atoms with E-state index in [-0.39, 0.29) is 23.8 Å². The lowest BCUT2D eigenvalue weighted by Crippen LogP contribution is -2.53. The molecule has 4 unspecified atom stereocenters. The van der Waals surface area contributed by atoms with Crippen LogP contribution in [0.5, 0.6) is 0 Å². The summed E-state index contributed by atoms with van der Waals surface area (Å²) < 4.78 is 41.9. The first-order chi connectivity index (χ1) is 16.2. The van der Waals surface area contributed by atoms with Gasteiger partial charge in [0.15, 0.2) is 0 Å². The van der Waals surface area contributed by atoms with Crippen molar-refractivity contribution in [3.05, 3.63) is 41.4 Å². The first-order valence-corrected chi connectivity index (χ1v) is 13.1. The van der Waals surface area contributed by atoms with E-state index in [1.54, 1.807) is 39.0 Å². The third-order valence-corrected chi connectivity index (χ3v) is 7.66. The molecule has 3 rings (SSSR count). The molecule has 35 heavy (non-hydrogen) atoms. The Morgan fingerprint density at radius 2 is 1.86 bits per heavy atom. The number of rotatable bonds is 7. The predicted molar refractivity (Wildman–Crippen MR) is 129 cm³/mol. The Labute approximate surface area is 213 Å². The smallest absolute Gasteiger partial charge is 0.411 e. The van der Waals surface area contributed by atoms with Crippen LogP contribution >= 0.6 is 15.9 Å². The SMILES string of the molecule is C=CC1CC1(NC(=O)C1CC(OS(=O)(=O)c2ccc(Br)cc2)CN1C(=O)OC(C)(C)C)C(=O)OC. The van der Waals surface area contributed by atoms with Gasteiger partial charge in [-0.2, -0.15) is 8.42 Å². The maximum Gasteiger partial charge on any atom is 0.411 e. The van der Waals surface area contributed by atoms with E-state index in [0.717, 1.165) is 4.90 Å². The molecule has 1 aromatic rings. The van der Waals surface area contributed by atoms with Gasteiger partial charge in [-0.15, -0.1) is 6.58 Å². The van der Waals surface area contributed by atoms with Crippen LogP contribution in [0.3, 0.4) is 0 Å². The van der Waals surface area contributed by atoms with Crippen LogP contribution in [-0.4, -0.2) is 68.2 Å². The van der Waals surface area contributed by atoms with E-state index in [0.29, 0.717) is 10.9 Å². The van der Waals surface area contributed by atoms with E-state index in [9.17, 15) is 22.8 Å². The van der Waals surface area contributed by atoms with Gasteiger partial charge in [-0.1, -0.05) is 22.0 Å². The van der Waals surface area contributed by atoms with Gasteiger partial charge in [0, 0.05) is 16.8 Å². The monoisotopic (exact) mass is 572 g/mol. The molecule has 0 radical (unpaired) electrons. The topological polar surface area (TPSA) is 128 Å². The molecule has 1 aromatic carbocycles. The summed E-state index contributed by atoms with van der Waals surface area (Å²) in [4.78, 5) is 39.6. The summed E-state index contributed by atoms with van der Waals surface area (Å²) in [5, 5.41) is 2.69. The number of esters is 1. The van der Waals surface area contributed by atoms with Gasteiger partial charge in [0.05, 0.1) is 24.7 Å². The number of nitrogens with one attached hydrogen (secondary N) is 1. The van der Waals surface area contributed by atoms with Crippen molar-refractivity contribution in [2.24, 2.45) is 5.92 Å². The van der Waals surface area contributed by atoms with Crippen molar-refractivity contribution in [1.29, 1.82) is 0 Å².